The van der Waals surface area contributed by atoms with Crippen LogP contribution in [0.5, 0.6) is 5.75 Å². The van der Waals surface area contributed by atoms with Gasteiger partial charge in [0.05, 0.1) is 32.9 Å². The van der Waals surface area contributed by atoms with Gasteiger partial charge in [-0.05, 0) is 23.6 Å². The van der Waals surface area contributed by atoms with Gasteiger partial charge in [-0.1, -0.05) is 26.0 Å². The molecule has 0 aliphatic carbocycles. The van der Waals surface area contributed by atoms with Gasteiger partial charge in [-0.15, -0.1) is 0 Å². The van der Waals surface area contributed by atoms with E-state index in [1.165, 1.54) is 5.56 Å². The molecule has 4 heteroatoms. The molecule has 1 aromatic rings. The Hall–Kier alpha value is -1.10. The van der Waals surface area contributed by atoms with Crippen molar-refractivity contribution >= 4 is 0 Å². The van der Waals surface area contributed by atoms with Gasteiger partial charge in [0.15, 0.2) is 0 Å². The molecule has 0 atom stereocenters. The van der Waals surface area contributed by atoms with Crippen LogP contribution in [0.25, 0.3) is 0 Å². The molecule has 0 fully saturated rings. The Morgan fingerprint density at radius 3 is 2.67 bits per heavy atom. The molecule has 2 N–H and O–H groups in total. The van der Waals surface area contributed by atoms with E-state index in [2.05, 4.69) is 31.3 Å². The van der Waals surface area contributed by atoms with Gasteiger partial charge < -0.3 is 19.5 Å². The lowest BCUT2D eigenvalue weighted by Crippen LogP contribution is -2.85. The van der Waals surface area contributed by atoms with Gasteiger partial charge in [-0.3, -0.25) is 0 Å². The van der Waals surface area contributed by atoms with Gasteiger partial charge in [0, 0.05) is 13.5 Å². The van der Waals surface area contributed by atoms with Crippen molar-refractivity contribution in [2.24, 2.45) is 0 Å². The molecule has 0 aliphatic rings. The highest BCUT2D eigenvalue weighted by Gasteiger charge is 2.01. The Bertz CT molecular complexity index is 369. The minimum absolute atomic E-state index is 0.526. The first-order valence-electron chi connectivity index (χ1n) is 7.85. The van der Waals surface area contributed by atoms with Crippen molar-refractivity contribution in [3.63, 3.8) is 0 Å². The van der Waals surface area contributed by atoms with Crippen molar-refractivity contribution in [2.45, 2.75) is 26.2 Å². The number of hydrogen-bond acceptors (Lipinski definition) is 3. The quantitative estimate of drug-likeness (QED) is 0.598. The van der Waals surface area contributed by atoms with Crippen LogP contribution in [0.4, 0.5) is 0 Å². The third kappa shape index (κ3) is 8.71. The second-order valence-corrected chi connectivity index (χ2v) is 5.40. The van der Waals surface area contributed by atoms with Gasteiger partial charge in [0.2, 0.25) is 0 Å². The molecule has 0 saturated heterocycles. The molecule has 0 aliphatic heterocycles. The summed E-state index contributed by atoms with van der Waals surface area (Å²) in [5, 5.41) is 2.26. The summed E-state index contributed by atoms with van der Waals surface area (Å²) in [6, 6.07) is 8.28. The monoisotopic (exact) mass is 296 g/mol. The zero-order valence-electron chi connectivity index (χ0n) is 13.6. The first kappa shape index (κ1) is 18.0. The Morgan fingerprint density at radius 2 is 1.90 bits per heavy atom. The molecular weight excluding hydrogens is 266 g/mol. The molecule has 0 unspecified atom stereocenters. The van der Waals surface area contributed by atoms with E-state index in [1.54, 1.807) is 7.11 Å². The van der Waals surface area contributed by atoms with E-state index in [0.717, 1.165) is 38.5 Å². The number of nitrogens with two attached hydrogens (primary N) is 1. The van der Waals surface area contributed by atoms with Crippen LogP contribution in [-0.4, -0.2) is 46.6 Å². The van der Waals surface area contributed by atoms with E-state index in [4.69, 9.17) is 14.2 Å². The van der Waals surface area contributed by atoms with Gasteiger partial charge in [-0.25, -0.2) is 0 Å². The lowest BCUT2D eigenvalue weighted by atomic mass is 10.0. The summed E-state index contributed by atoms with van der Waals surface area (Å²) in [7, 11) is 1.74. The zero-order valence-corrected chi connectivity index (χ0v) is 13.6. The molecule has 0 saturated carbocycles. The molecule has 1 rings (SSSR count). The van der Waals surface area contributed by atoms with Crippen LogP contribution in [0, 0.1) is 0 Å². The van der Waals surface area contributed by atoms with Crippen molar-refractivity contribution in [1.82, 2.24) is 0 Å². The van der Waals surface area contributed by atoms with Crippen molar-refractivity contribution in [2.75, 3.05) is 46.6 Å². The minimum atomic E-state index is 0.526. The Balaban J connectivity index is 2.00. The molecule has 0 bridgehead atoms. The number of benzene rings is 1. The van der Waals surface area contributed by atoms with Gasteiger partial charge in [0.1, 0.15) is 12.4 Å². The van der Waals surface area contributed by atoms with Crippen LogP contribution in [0.2, 0.25) is 0 Å². The van der Waals surface area contributed by atoms with Crippen LogP contribution < -0.4 is 10.1 Å². The highest BCUT2D eigenvalue weighted by Crippen LogP contribution is 2.19. The first-order valence-corrected chi connectivity index (χ1v) is 7.85. The second kappa shape index (κ2) is 11.5. The van der Waals surface area contributed by atoms with E-state index in [9.17, 15) is 0 Å². The van der Waals surface area contributed by atoms with E-state index in [0.29, 0.717) is 19.1 Å². The zero-order chi connectivity index (χ0) is 15.3. The van der Waals surface area contributed by atoms with Gasteiger partial charge >= 0.3 is 0 Å². The SMILES string of the molecule is COCCC[NH2+]CCOCCOc1cccc(C(C)C)c1. The maximum absolute atomic E-state index is 5.70. The maximum atomic E-state index is 5.70. The molecule has 1 aromatic carbocycles. The number of ether oxygens (including phenoxy) is 3. The summed E-state index contributed by atoms with van der Waals surface area (Å²) in [4.78, 5) is 0. The Labute approximate surface area is 128 Å². The van der Waals surface area contributed by atoms with Gasteiger partial charge in [-0.2, -0.15) is 0 Å². The van der Waals surface area contributed by atoms with Crippen LogP contribution in [0.1, 0.15) is 31.7 Å². The van der Waals surface area contributed by atoms with E-state index < -0.39 is 0 Å². The lowest BCUT2D eigenvalue weighted by molar-refractivity contribution is -0.656. The van der Waals surface area contributed by atoms with Gasteiger partial charge in [0.25, 0.3) is 0 Å². The number of quaternary nitrogens is 1. The fourth-order valence-electron chi connectivity index (χ4n) is 1.97. The second-order valence-electron chi connectivity index (χ2n) is 5.40. The smallest absolute Gasteiger partial charge is 0.119 e. The third-order valence-corrected chi connectivity index (χ3v) is 3.24. The third-order valence-electron chi connectivity index (χ3n) is 3.24. The molecule has 21 heavy (non-hydrogen) atoms. The largest absolute Gasteiger partial charge is 0.491 e. The average Bonchev–Trinajstić information content (AvgIpc) is 2.49. The maximum Gasteiger partial charge on any atom is 0.119 e. The van der Waals surface area contributed by atoms with Crippen LogP contribution in [-0.2, 0) is 9.47 Å². The number of methoxy groups -OCH3 is 1. The fraction of sp³-hybridized carbons (Fsp3) is 0.647. The highest BCUT2D eigenvalue weighted by molar-refractivity contribution is 5.30. The molecular formula is C17H30NO3+. The topological polar surface area (TPSA) is 44.3 Å². The Morgan fingerprint density at radius 1 is 1.05 bits per heavy atom. The van der Waals surface area contributed by atoms with E-state index in [1.807, 2.05) is 12.1 Å². The van der Waals surface area contributed by atoms with Crippen molar-refractivity contribution in [3.8, 4) is 5.75 Å². The minimum Gasteiger partial charge on any atom is -0.491 e. The summed E-state index contributed by atoms with van der Waals surface area (Å²) < 4.78 is 16.3. The molecule has 0 heterocycles. The van der Waals surface area contributed by atoms with Crippen molar-refractivity contribution in [3.05, 3.63) is 29.8 Å². The first-order chi connectivity index (χ1) is 10.2. The lowest BCUT2D eigenvalue weighted by Gasteiger charge is -2.10. The molecule has 4 nitrogen and oxygen atoms in total. The summed E-state index contributed by atoms with van der Waals surface area (Å²) in [5.41, 5.74) is 1.30. The van der Waals surface area contributed by atoms with E-state index in [-0.39, 0.29) is 0 Å². The molecule has 0 amide bonds. The predicted molar refractivity (Wildman–Crippen MR) is 85.0 cm³/mol. The highest BCUT2D eigenvalue weighted by atomic mass is 16.5. The number of rotatable bonds is 12. The van der Waals surface area contributed by atoms with Crippen molar-refractivity contribution in [1.29, 1.82) is 0 Å². The summed E-state index contributed by atoms with van der Waals surface area (Å²) in [6.07, 6.45) is 1.09. The predicted octanol–water partition coefficient (Wildman–Crippen LogP) is 1.81. The summed E-state index contributed by atoms with van der Waals surface area (Å²) >= 11 is 0. The summed E-state index contributed by atoms with van der Waals surface area (Å²) in [6.45, 7) is 9.30. The molecule has 120 valence electrons. The average molecular weight is 296 g/mol. The molecule has 0 aromatic heterocycles. The Kier molecular flexibility index (Phi) is 9.87. The number of hydrogen-bond donors (Lipinski definition) is 1. The normalized spacial score (nSPS) is 11.0. The van der Waals surface area contributed by atoms with Crippen LogP contribution in [0.3, 0.4) is 0 Å². The standard InChI is InChI=1S/C17H29NO3/c1-15(2)16-6-4-7-17(14-16)21-13-12-20-11-9-18-8-5-10-19-3/h4,6-7,14-15,18H,5,8-13H2,1-3H3/p+1. The molecule has 0 spiro atoms. The van der Waals surface area contributed by atoms with Crippen LogP contribution >= 0.6 is 0 Å². The van der Waals surface area contributed by atoms with Crippen molar-refractivity contribution < 1.29 is 19.5 Å². The fourth-order valence-corrected chi connectivity index (χ4v) is 1.97. The molecule has 0 radical (unpaired) electrons. The van der Waals surface area contributed by atoms with Crippen LogP contribution in [0.15, 0.2) is 24.3 Å². The van der Waals surface area contributed by atoms with E-state index >= 15 is 0 Å². The summed E-state index contributed by atoms with van der Waals surface area (Å²) in [5.74, 6) is 1.45.